The molecule has 0 aromatic rings. The van der Waals surface area contributed by atoms with Gasteiger partial charge in [-0.3, -0.25) is 0 Å². The maximum Gasteiger partial charge on any atom is -0.0194 e. The Hall–Kier alpha value is 0. The Morgan fingerprint density at radius 2 is 0.750 bits per heavy atom. The van der Waals surface area contributed by atoms with E-state index in [-0.39, 0.29) is 22.3 Å². The largest absolute Gasteiger partial charge is 0.0776 e. The van der Waals surface area contributed by atoms with Gasteiger partial charge in [-0.1, -0.05) is 105 Å². The van der Waals surface area contributed by atoms with E-state index in [0.29, 0.717) is 27.1 Å². The maximum atomic E-state index is 2.52. The average Bonchev–Trinajstić information content (AvgIpc) is 2.92. The molecule has 0 amide bonds. The maximum absolute atomic E-state index is 2.52. The van der Waals surface area contributed by atoms with Crippen molar-refractivity contribution < 1.29 is 0 Å². The van der Waals surface area contributed by atoms with E-state index < -0.39 is 0 Å². The molecule has 0 spiro atoms. The Kier molecular flexibility index (Phi) is 12.7. The average molecular weight is 345 g/mol. The van der Waals surface area contributed by atoms with Crippen LogP contribution in [0.3, 0.4) is 0 Å². The second-order valence-corrected chi connectivity index (χ2v) is 10.8. The van der Waals surface area contributed by atoms with Gasteiger partial charge in [0.25, 0.3) is 0 Å². The molecule has 0 unspecified atom stereocenters. The minimum absolute atomic E-state index is 0. The zero-order valence-electron chi connectivity index (χ0n) is 17.3. The van der Waals surface area contributed by atoms with E-state index >= 15 is 0 Å². The molecule has 1 aliphatic carbocycles. The fourth-order valence-corrected chi connectivity index (χ4v) is 5.38. The zero-order valence-corrected chi connectivity index (χ0v) is 17.3. The van der Waals surface area contributed by atoms with Crippen LogP contribution >= 0.6 is 0 Å². The molecule has 0 aromatic heterocycles. The zero-order chi connectivity index (χ0) is 17.3. The predicted octanol–water partition coefficient (Wildman–Crippen LogP) is 9.63. The molecule has 0 N–H and O–H groups in total. The van der Waals surface area contributed by atoms with Crippen LogP contribution in [0.15, 0.2) is 0 Å². The first-order valence-corrected chi connectivity index (χ1v) is 9.12. The Morgan fingerprint density at radius 3 is 0.875 bits per heavy atom. The Labute approximate surface area is 158 Å². The normalized spacial score (nSPS) is 16.5. The summed E-state index contributed by atoms with van der Waals surface area (Å²) in [7, 11) is 0. The van der Waals surface area contributed by atoms with E-state index in [0.717, 1.165) is 0 Å². The van der Waals surface area contributed by atoms with Gasteiger partial charge >= 0.3 is 0 Å². The van der Waals surface area contributed by atoms with Crippen LogP contribution < -0.4 is 0 Å². The second kappa shape index (κ2) is 9.63. The fourth-order valence-electron chi connectivity index (χ4n) is 5.38. The molecule has 24 heavy (non-hydrogen) atoms. The van der Waals surface area contributed by atoms with Crippen LogP contribution in [0, 0.1) is 27.1 Å². The minimum Gasteiger partial charge on any atom is -0.0776 e. The topological polar surface area (TPSA) is 0 Å². The lowest BCUT2D eigenvalue weighted by atomic mass is 9.55. The summed E-state index contributed by atoms with van der Waals surface area (Å²) in [5, 5.41) is 0. The van der Waals surface area contributed by atoms with E-state index in [1.54, 1.807) is 0 Å². The molecule has 152 valence electrons. The monoisotopic (exact) mass is 344 g/mol. The fraction of sp³-hybridized carbons (Fsp3) is 1.00. The molecule has 1 aliphatic rings. The smallest absolute Gasteiger partial charge is 0.0194 e. The van der Waals surface area contributed by atoms with Crippen molar-refractivity contribution in [2.75, 3.05) is 0 Å². The highest BCUT2D eigenvalue weighted by molar-refractivity contribution is 5.12. The first-order chi connectivity index (χ1) is 9.12. The van der Waals surface area contributed by atoms with Crippen LogP contribution in [-0.2, 0) is 0 Å². The van der Waals surface area contributed by atoms with Crippen molar-refractivity contribution in [2.24, 2.45) is 27.1 Å². The molecule has 0 aliphatic heterocycles. The van der Waals surface area contributed by atoms with Crippen molar-refractivity contribution >= 4 is 0 Å². The van der Waals surface area contributed by atoms with E-state index in [4.69, 9.17) is 0 Å². The molecular weight excluding hydrogens is 288 g/mol. The Bertz CT molecular complexity index is 283. The van der Waals surface area contributed by atoms with Crippen LogP contribution in [0.4, 0.5) is 0 Å². The van der Waals surface area contributed by atoms with Crippen LogP contribution in [0.2, 0.25) is 0 Å². The first kappa shape index (κ1) is 31.7. The molecule has 1 saturated carbocycles. The van der Waals surface area contributed by atoms with E-state index in [2.05, 4.69) is 69.2 Å². The van der Waals surface area contributed by atoms with Gasteiger partial charge < -0.3 is 0 Å². The number of hydrogen-bond donors (Lipinski definition) is 0. The highest BCUT2D eigenvalue weighted by Crippen LogP contribution is 2.71. The van der Waals surface area contributed by atoms with Gasteiger partial charge in [-0.05, 0) is 52.8 Å². The number of hydrogen-bond acceptors (Lipinski definition) is 0. The second-order valence-electron chi connectivity index (χ2n) is 10.8. The quantitative estimate of drug-likeness (QED) is 0.476. The van der Waals surface area contributed by atoms with E-state index in [9.17, 15) is 0 Å². The van der Waals surface area contributed by atoms with E-state index in [1.807, 2.05) is 13.8 Å². The van der Waals surface area contributed by atoms with Crippen molar-refractivity contribution in [1.82, 2.24) is 0 Å². The molecule has 0 atom stereocenters. The summed E-state index contributed by atoms with van der Waals surface area (Å²) >= 11 is 0. The number of rotatable bonds is 4. The summed E-state index contributed by atoms with van der Waals surface area (Å²) in [6.45, 7) is 28.4. The van der Waals surface area contributed by atoms with Gasteiger partial charge in [0.15, 0.2) is 0 Å². The lowest BCUT2D eigenvalue weighted by molar-refractivity contribution is -0.00976. The third-order valence-electron chi connectivity index (χ3n) is 5.29. The van der Waals surface area contributed by atoms with Gasteiger partial charge in [-0.2, -0.15) is 0 Å². The summed E-state index contributed by atoms with van der Waals surface area (Å²) < 4.78 is 0. The van der Waals surface area contributed by atoms with Gasteiger partial charge in [-0.15, -0.1) is 0 Å². The lowest BCUT2D eigenvalue weighted by Gasteiger charge is -2.50. The molecule has 0 aromatic carbocycles. The molecule has 0 heteroatoms. The van der Waals surface area contributed by atoms with Crippen molar-refractivity contribution in [1.29, 1.82) is 0 Å². The summed E-state index contributed by atoms with van der Waals surface area (Å²) in [6, 6.07) is 0. The summed E-state index contributed by atoms with van der Waals surface area (Å²) in [5.74, 6) is 0. The van der Waals surface area contributed by atoms with Crippen LogP contribution in [0.5, 0.6) is 0 Å². The minimum atomic E-state index is 0. The summed E-state index contributed by atoms with van der Waals surface area (Å²) in [6.07, 6.45) is 5.51. The molecular formula is C24H56. The Balaban J connectivity index is -0.000000385. The summed E-state index contributed by atoms with van der Waals surface area (Å²) in [5.41, 5.74) is 2.30. The lowest BCUT2D eigenvalue weighted by Crippen LogP contribution is -2.42. The van der Waals surface area contributed by atoms with Gasteiger partial charge in [-0.25, -0.2) is 0 Å². The van der Waals surface area contributed by atoms with Gasteiger partial charge in [0.2, 0.25) is 0 Å². The van der Waals surface area contributed by atoms with Crippen molar-refractivity contribution in [3.63, 3.8) is 0 Å². The molecule has 1 rings (SSSR count). The highest BCUT2D eigenvalue weighted by Gasteiger charge is 2.62. The Morgan fingerprint density at radius 1 is 0.542 bits per heavy atom. The van der Waals surface area contributed by atoms with Crippen LogP contribution in [-0.4, -0.2) is 0 Å². The molecule has 0 bridgehead atoms. The predicted molar refractivity (Wildman–Crippen MR) is 119 cm³/mol. The molecule has 0 heterocycles. The van der Waals surface area contributed by atoms with Crippen molar-refractivity contribution in [3.05, 3.63) is 0 Å². The molecule has 1 fully saturated rings. The third-order valence-corrected chi connectivity index (χ3v) is 5.29. The first-order valence-electron chi connectivity index (χ1n) is 9.12. The van der Waals surface area contributed by atoms with E-state index in [1.165, 1.54) is 25.7 Å². The van der Waals surface area contributed by atoms with Gasteiger partial charge in [0, 0.05) is 0 Å². The summed E-state index contributed by atoms with van der Waals surface area (Å²) in [4.78, 5) is 0. The highest BCUT2D eigenvalue weighted by atomic mass is 14.7. The van der Waals surface area contributed by atoms with Gasteiger partial charge in [0.1, 0.15) is 0 Å². The van der Waals surface area contributed by atoms with Crippen molar-refractivity contribution in [3.8, 4) is 0 Å². The molecule has 0 radical (unpaired) electrons. The SMILES string of the molecule is C.C.C.CC.CC(C)(C)CC(C)(C)C1(C(C)(C)CC(C)(C)C)CC1. The van der Waals surface area contributed by atoms with Crippen molar-refractivity contribution in [2.45, 2.75) is 131 Å². The third kappa shape index (κ3) is 7.92. The molecule has 0 saturated heterocycles. The van der Waals surface area contributed by atoms with Crippen LogP contribution in [0.25, 0.3) is 0 Å². The standard InChI is InChI=1S/C19H38.C2H6.3CH4/c1-15(2,3)13-17(7,8)19(11-12-19)18(9,10)14-16(4,5)6;1-2;;;/h11-14H2,1-10H3;1-2H3;3*1H4. The molecule has 0 nitrogen and oxygen atoms in total. The van der Waals surface area contributed by atoms with Gasteiger partial charge in [0.05, 0.1) is 0 Å². The van der Waals surface area contributed by atoms with Crippen LogP contribution in [0.1, 0.15) is 131 Å².